The maximum absolute atomic E-state index is 5.82. The second-order valence-electron chi connectivity index (χ2n) is 4.72. The summed E-state index contributed by atoms with van der Waals surface area (Å²) >= 11 is 1.82. The quantitative estimate of drug-likeness (QED) is 0.817. The zero-order valence-electron chi connectivity index (χ0n) is 11.4. The van der Waals surface area contributed by atoms with E-state index in [-0.39, 0.29) is 0 Å². The molecule has 0 amide bonds. The van der Waals surface area contributed by atoms with Crippen molar-refractivity contribution in [1.82, 2.24) is 0 Å². The van der Waals surface area contributed by atoms with E-state index in [0.29, 0.717) is 17.7 Å². The summed E-state index contributed by atoms with van der Waals surface area (Å²) in [4.78, 5) is 1.19. The minimum Gasteiger partial charge on any atom is -0.496 e. The number of thioether (sulfide) groups is 1. The predicted octanol–water partition coefficient (Wildman–Crippen LogP) is 3.39. The molecule has 1 atom stereocenters. The van der Waals surface area contributed by atoms with Crippen LogP contribution in [0.15, 0.2) is 17.0 Å². The van der Waals surface area contributed by atoms with E-state index in [1.807, 2.05) is 11.8 Å². The van der Waals surface area contributed by atoms with Gasteiger partial charge in [-0.05, 0) is 43.0 Å². The minimum absolute atomic E-state index is 0.436. The lowest BCUT2D eigenvalue weighted by atomic mass is 10.1. The highest BCUT2D eigenvalue weighted by Gasteiger charge is 2.16. The van der Waals surface area contributed by atoms with Crippen LogP contribution >= 0.6 is 11.8 Å². The summed E-state index contributed by atoms with van der Waals surface area (Å²) in [5.41, 5.74) is 8.38. The van der Waals surface area contributed by atoms with Gasteiger partial charge in [0.2, 0.25) is 0 Å². The van der Waals surface area contributed by atoms with Gasteiger partial charge in [-0.1, -0.05) is 13.8 Å². The van der Waals surface area contributed by atoms with Crippen LogP contribution in [0.5, 0.6) is 5.75 Å². The average molecular weight is 253 g/mol. The van der Waals surface area contributed by atoms with Gasteiger partial charge in [-0.2, -0.15) is 0 Å². The Labute approximate surface area is 109 Å². The molecule has 96 valence electrons. The first-order chi connectivity index (χ1) is 7.99. The Balaban J connectivity index is 3.00. The van der Waals surface area contributed by atoms with Crippen molar-refractivity contribution in [2.45, 2.75) is 37.8 Å². The molecular formula is C14H23NOS. The molecule has 0 aromatic heterocycles. The third-order valence-corrected chi connectivity index (χ3v) is 4.65. The number of benzene rings is 1. The van der Waals surface area contributed by atoms with Crippen molar-refractivity contribution >= 4 is 11.8 Å². The topological polar surface area (TPSA) is 35.2 Å². The fraction of sp³-hybridized carbons (Fsp3) is 0.571. The number of methoxy groups -OCH3 is 1. The molecule has 0 saturated carbocycles. The summed E-state index contributed by atoms with van der Waals surface area (Å²) in [6.45, 7) is 9.34. The first kappa shape index (κ1) is 14.4. The van der Waals surface area contributed by atoms with Crippen LogP contribution in [0.4, 0.5) is 0 Å². The zero-order valence-corrected chi connectivity index (χ0v) is 12.2. The van der Waals surface area contributed by atoms with Gasteiger partial charge >= 0.3 is 0 Å². The fourth-order valence-corrected chi connectivity index (χ4v) is 2.83. The molecule has 1 aromatic carbocycles. The predicted molar refractivity (Wildman–Crippen MR) is 76.0 cm³/mol. The van der Waals surface area contributed by atoms with Gasteiger partial charge in [0.05, 0.1) is 7.11 Å². The van der Waals surface area contributed by atoms with Gasteiger partial charge in [0.15, 0.2) is 0 Å². The van der Waals surface area contributed by atoms with Gasteiger partial charge in [-0.3, -0.25) is 0 Å². The van der Waals surface area contributed by atoms with Crippen molar-refractivity contribution in [2.75, 3.05) is 13.7 Å². The Morgan fingerprint density at radius 1 is 1.24 bits per heavy atom. The summed E-state index contributed by atoms with van der Waals surface area (Å²) in [5.74, 6) is 1.52. The number of hydrogen-bond acceptors (Lipinski definition) is 3. The molecule has 0 aliphatic carbocycles. The van der Waals surface area contributed by atoms with Gasteiger partial charge in [0, 0.05) is 16.7 Å². The van der Waals surface area contributed by atoms with Crippen LogP contribution in [0.25, 0.3) is 0 Å². The molecule has 1 unspecified atom stereocenters. The van der Waals surface area contributed by atoms with E-state index in [1.165, 1.54) is 16.0 Å². The third kappa shape index (κ3) is 3.65. The molecule has 0 radical (unpaired) electrons. The Morgan fingerprint density at radius 3 is 2.29 bits per heavy atom. The monoisotopic (exact) mass is 253 g/mol. The molecular weight excluding hydrogens is 230 g/mol. The molecule has 2 nitrogen and oxygen atoms in total. The second-order valence-corrected chi connectivity index (χ2v) is 6.00. The lowest BCUT2D eigenvalue weighted by Crippen LogP contribution is -2.22. The maximum atomic E-state index is 5.82. The van der Waals surface area contributed by atoms with Gasteiger partial charge in [-0.25, -0.2) is 0 Å². The van der Waals surface area contributed by atoms with Gasteiger partial charge in [-0.15, -0.1) is 11.8 Å². The molecule has 0 aliphatic rings. The Morgan fingerprint density at radius 2 is 1.82 bits per heavy atom. The molecule has 1 rings (SSSR count). The van der Waals surface area contributed by atoms with Gasteiger partial charge in [0.1, 0.15) is 5.75 Å². The normalized spacial score (nSPS) is 12.9. The van der Waals surface area contributed by atoms with Crippen LogP contribution in [0.3, 0.4) is 0 Å². The van der Waals surface area contributed by atoms with Crippen molar-refractivity contribution < 1.29 is 4.74 Å². The Hall–Kier alpha value is -0.670. The number of aryl methyl sites for hydroxylation is 2. The molecule has 0 aliphatic heterocycles. The highest BCUT2D eigenvalue weighted by molar-refractivity contribution is 8.00. The standard InChI is InChI=1S/C14H23NOS/c1-9(2)14(8-15)17-13-7-11(4)10(3)6-12(13)16-5/h6-7,9,14H,8,15H2,1-5H3. The molecule has 0 saturated heterocycles. The average Bonchev–Trinajstić information content (AvgIpc) is 2.29. The van der Waals surface area contributed by atoms with Crippen molar-refractivity contribution in [1.29, 1.82) is 0 Å². The van der Waals surface area contributed by atoms with Crippen molar-refractivity contribution in [2.24, 2.45) is 11.7 Å². The molecule has 0 heterocycles. The minimum atomic E-state index is 0.436. The smallest absolute Gasteiger partial charge is 0.132 e. The van der Waals surface area contributed by atoms with E-state index in [9.17, 15) is 0 Å². The van der Waals surface area contributed by atoms with Crippen LogP contribution in [0.2, 0.25) is 0 Å². The molecule has 1 aromatic rings. The molecule has 0 spiro atoms. The van der Waals surface area contributed by atoms with E-state index in [4.69, 9.17) is 10.5 Å². The molecule has 2 N–H and O–H groups in total. The van der Waals surface area contributed by atoms with Crippen LogP contribution < -0.4 is 10.5 Å². The molecule has 0 bridgehead atoms. The van der Waals surface area contributed by atoms with Crippen molar-refractivity contribution in [3.63, 3.8) is 0 Å². The SMILES string of the molecule is COc1cc(C)c(C)cc1SC(CN)C(C)C. The van der Waals surface area contributed by atoms with Crippen molar-refractivity contribution in [3.8, 4) is 5.75 Å². The molecule has 0 fully saturated rings. The Bertz CT molecular complexity index is 377. The summed E-state index contributed by atoms with van der Waals surface area (Å²) in [5, 5.41) is 0.436. The lowest BCUT2D eigenvalue weighted by molar-refractivity contribution is 0.404. The summed E-state index contributed by atoms with van der Waals surface area (Å²) in [7, 11) is 1.72. The van der Waals surface area contributed by atoms with E-state index < -0.39 is 0 Å². The van der Waals surface area contributed by atoms with Crippen LogP contribution in [0, 0.1) is 19.8 Å². The van der Waals surface area contributed by atoms with E-state index in [2.05, 4.69) is 39.8 Å². The number of ether oxygens (including phenoxy) is 1. The second kappa shape index (κ2) is 6.31. The summed E-state index contributed by atoms with van der Waals surface area (Å²) in [6, 6.07) is 4.30. The molecule has 17 heavy (non-hydrogen) atoms. The first-order valence-corrected chi connectivity index (χ1v) is 6.89. The number of hydrogen-bond donors (Lipinski definition) is 1. The maximum Gasteiger partial charge on any atom is 0.132 e. The van der Waals surface area contributed by atoms with E-state index in [1.54, 1.807) is 7.11 Å². The summed E-state index contributed by atoms with van der Waals surface area (Å²) < 4.78 is 5.44. The van der Waals surface area contributed by atoms with Crippen LogP contribution in [-0.2, 0) is 0 Å². The fourth-order valence-electron chi connectivity index (χ4n) is 1.63. The highest BCUT2D eigenvalue weighted by Crippen LogP contribution is 2.36. The van der Waals surface area contributed by atoms with Crippen molar-refractivity contribution in [3.05, 3.63) is 23.3 Å². The highest BCUT2D eigenvalue weighted by atomic mass is 32.2. The van der Waals surface area contributed by atoms with Crippen LogP contribution in [-0.4, -0.2) is 18.9 Å². The molecule has 3 heteroatoms. The van der Waals surface area contributed by atoms with E-state index in [0.717, 1.165) is 5.75 Å². The Kier molecular flexibility index (Phi) is 5.34. The van der Waals surface area contributed by atoms with Gasteiger partial charge in [0.25, 0.3) is 0 Å². The number of rotatable bonds is 5. The largest absolute Gasteiger partial charge is 0.496 e. The lowest BCUT2D eigenvalue weighted by Gasteiger charge is -2.20. The first-order valence-electron chi connectivity index (χ1n) is 6.01. The van der Waals surface area contributed by atoms with E-state index >= 15 is 0 Å². The third-order valence-electron chi connectivity index (χ3n) is 3.03. The number of nitrogens with two attached hydrogens (primary N) is 1. The summed E-state index contributed by atoms with van der Waals surface area (Å²) in [6.07, 6.45) is 0. The van der Waals surface area contributed by atoms with Crippen LogP contribution in [0.1, 0.15) is 25.0 Å². The zero-order chi connectivity index (χ0) is 13.0. The van der Waals surface area contributed by atoms with Gasteiger partial charge < -0.3 is 10.5 Å².